The maximum atomic E-state index is 12.8. The van der Waals surface area contributed by atoms with Gasteiger partial charge in [-0.15, -0.1) is 11.3 Å². The van der Waals surface area contributed by atoms with Gasteiger partial charge in [-0.2, -0.15) is 0 Å². The largest absolute Gasteiger partial charge is 0.383 e. The van der Waals surface area contributed by atoms with Crippen molar-refractivity contribution in [3.8, 4) is 0 Å². The number of hydrogen-bond acceptors (Lipinski definition) is 4. The first kappa shape index (κ1) is 15.0. The van der Waals surface area contributed by atoms with Crippen LogP contribution in [0.3, 0.4) is 0 Å². The van der Waals surface area contributed by atoms with Gasteiger partial charge in [-0.25, -0.2) is 0 Å². The van der Waals surface area contributed by atoms with Crippen molar-refractivity contribution in [3.63, 3.8) is 0 Å². The Bertz CT molecular complexity index is 502. The fourth-order valence-electron chi connectivity index (χ4n) is 3.56. The van der Waals surface area contributed by atoms with Gasteiger partial charge in [0.05, 0.1) is 11.5 Å². The van der Waals surface area contributed by atoms with Crippen LogP contribution in [0.15, 0.2) is 11.4 Å². The molecule has 0 N–H and O–H groups in total. The van der Waals surface area contributed by atoms with Gasteiger partial charge in [-0.05, 0) is 42.7 Å². The minimum Gasteiger partial charge on any atom is -0.383 e. The molecule has 0 aromatic carbocycles. The van der Waals surface area contributed by atoms with E-state index in [1.54, 1.807) is 18.4 Å². The summed E-state index contributed by atoms with van der Waals surface area (Å²) in [5.74, 6) is 0.845. The molecule has 5 heteroatoms. The SMILES string of the molecule is COCCN1C[C@H]2CC[C@@H]1CN(C(=O)c1sccc1C)C2. The highest BCUT2D eigenvalue weighted by atomic mass is 32.1. The summed E-state index contributed by atoms with van der Waals surface area (Å²) in [6.45, 7) is 6.69. The second-order valence-electron chi connectivity index (χ2n) is 6.23. The van der Waals surface area contributed by atoms with Gasteiger partial charge in [-0.1, -0.05) is 0 Å². The van der Waals surface area contributed by atoms with E-state index in [0.29, 0.717) is 12.0 Å². The van der Waals surface area contributed by atoms with Crippen LogP contribution < -0.4 is 0 Å². The Labute approximate surface area is 130 Å². The Hall–Kier alpha value is -0.910. The molecule has 4 rings (SSSR count). The Morgan fingerprint density at radius 2 is 2.24 bits per heavy atom. The predicted octanol–water partition coefficient (Wildman–Crippen LogP) is 2.24. The average Bonchev–Trinajstić information content (AvgIpc) is 2.72. The van der Waals surface area contributed by atoms with Crippen molar-refractivity contribution in [1.29, 1.82) is 0 Å². The molecule has 3 aliphatic heterocycles. The van der Waals surface area contributed by atoms with Crippen LogP contribution >= 0.6 is 11.3 Å². The standard InChI is InChI=1S/C16H24N2O2S/c1-12-5-8-21-15(12)16(19)18-10-13-3-4-14(11-18)17(9-13)6-7-20-2/h5,8,13-14H,3-4,6-7,9-11H2,1-2H3/t13-,14-/m1/s1. The lowest BCUT2D eigenvalue weighted by Crippen LogP contribution is -2.45. The van der Waals surface area contributed by atoms with E-state index in [-0.39, 0.29) is 5.91 Å². The van der Waals surface area contributed by atoms with Crippen molar-refractivity contribution >= 4 is 17.2 Å². The number of aryl methyl sites for hydroxylation is 1. The lowest BCUT2D eigenvalue weighted by atomic mass is 9.95. The maximum absolute atomic E-state index is 12.8. The molecule has 2 bridgehead atoms. The van der Waals surface area contributed by atoms with Crippen LogP contribution in [0.1, 0.15) is 28.1 Å². The first-order valence-electron chi connectivity index (χ1n) is 7.75. The van der Waals surface area contributed by atoms with Crippen LogP contribution in [-0.2, 0) is 4.74 Å². The number of fused-ring (bicyclic) bond motifs is 4. The molecule has 1 aromatic heterocycles. The highest BCUT2D eigenvalue weighted by Gasteiger charge is 2.36. The van der Waals surface area contributed by atoms with E-state index in [2.05, 4.69) is 9.80 Å². The summed E-state index contributed by atoms with van der Waals surface area (Å²) in [5, 5.41) is 2.01. The number of ether oxygens (including phenoxy) is 1. The van der Waals surface area contributed by atoms with Crippen molar-refractivity contribution in [2.24, 2.45) is 5.92 Å². The number of thiophene rings is 1. The lowest BCUT2D eigenvalue weighted by molar-refractivity contribution is 0.0721. The van der Waals surface area contributed by atoms with Crippen molar-refractivity contribution in [2.45, 2.75) is 25.8 Å². The van der Waals surface area contributed by atoms with Crippen molar-refractivity contribution < 1.29 is 9.53 Å². The first-order chi connectivity index (χ1) is 10.2. The highest BCUT2D eigenvalue weighted by Crippen LogP contribution is 2.29. The van der Waals surface area contributed by atoms with Crippen molar-refractivity contribution in [2.75, 3.05) is 39.9 Å². The molecular weight excluding hydrogens is 284 g/mol. The summed E-state index contributed by atoms with van der Waals surface area (Å²) in [6, 6.07) is 2.54. The molecule has 1 amide bonds. The van der Waals surface area contributed by atoms with Gasteiger partial charge in [0.1, 0.15) is 0 Å². The highest BCUT2D eigenvalue weighted by molar-refractivity contribution is 7.12. The molecule has 0 radical (unpaired) electrons. The molecule has 4 heterocycles. The minimum atomic E-state index is 0.230. The molecule has 0 spiro atoms. The zero-order chi connectivity index (χ0) is 14.8. The zero-order valence-electron chi connectivity index (χ0n) is 12.9. The number of amides is 1. The number of rotatable bonds is 4. The van der Waals surface area contributed by atoms with E-state index in [0.717, 1.165) is 43.2 Å². The third kappa shape index (κ3) is 3.15. The molecule has 3 aliphatic rings. The summed E-state index contributed by atoms with van der Waals surface area (Å²) in [4.78, 5) is 18.3. The van der Waals surface area contributed by atoms with E-state index in [4.69, 9.17) is 4.74 Å². The van der Waals surface area contributed by atoms with E-state index in [9.17, 15) is 4.79 Å². The Balaban J connectivity index is 1.72. The van der Waals surface area contributed by atoms with Gasteiger partial charge in [0.25, 0.3) is 5.91 Å². The fourth-order valence-corrected chi connectivity index (χ4v) is 4.45. The lowest BCUT2D eigenvalue weighted by Gasteiger charge is -2.35. The molecule has 0 saturated carbocycles. The number of hydrogen-bond donors (Lipinski definition) is 0. The number of carbonyl (C=O) groups excluding carboxylic acids is 1. The van der Waals surface area contributed by atoms with Crippen LogP contribution in [0.2, 0.25) is 0 Å². The zero-order valence-corrected chi connectivity index (χ0v) is 13.7. The van der Waals surface area contributed by atoms with E-state index in [1.807, 2.05) is 18.4 Å². The molecule has 3 fully saturated rings. The van der Waals surface area contributed by atoms with E-state index < -0.39 is 0 Å². The third-order valence-electron chi connectivity index (χ3n) is 4.75. The molecule has 21 heavy (non-hydrogen) atoms. The Kier molecular flexibility index (Phi) is 4.62. The quantitative estimate of drug-likeness (QED) is 0.855. The van der Waals surface area contributed by atoms with Gasteiger partial charge in [0.15, 0.2) is 0 Å². The predicted molar refractivity (Wildman–Crippen MR) is 84.9 cm³/mol. The smallest absolute Gasteiger partial charge is 0.264 e. The summed E-state index contributed by atoms with van der Waals surface area (Å²) < 4.78 is 5.22. The van der Waals surface area contributed by atoms with E-state index >= 15 is 0 Å². The summed E-state index contributed by atoms with van der Waals surface area (Å²) in [6.07, 6.45) is 2.46. The van der Waals surface area contributed by atoms with Gasteiger partial charge in [0, 0.05) is 39.3 Å². The third-order valence-corrected chi connectivity index (χ3v) is 5.76. The van der Waals surface area contributed by atoms with Crippen LogP contribution in [0.25, 0.3) is 0 Å². The van der Waals surface area contributed by atoms with Crippen LogP contribution in [0, 0.1) is 12.8 Å². The first-order valence-corrected chi connectivity index (χ1v) is 8.63. The minimum absolute atomic E-state index is 0.230. The van der Waals surface area contributed by atoms with Gasteiger partial charge < -0.3 is 9.64 Å². The number of nitrogens with zero attached hydrogens (tertiary/aromatic N) is 2. The van der Waals surface area contributed by atoms with Crippen LogP contribution in [0.5, 0.6) is 0 Å². The van der Waals surface area contributed by atoms with Crippen LogP contribution in [-0.4, -0.2) is 61.6 Å². The Morgan fingerprint density at radius 1 is 1.38 bits per heavy atom. The Morgan fingerprint density at radius 3 is 2.95 bits per heavy atom. The van der Waals surface area contributed by atoms with Crippen molar-refractivity contribution in [1.82, 2.24) is 9.80 Å². The van der Waals surface area contributed by atoms with Gasteiger partial charge in [-0.3, -0.25) is 9.69 Å². The number of piperidine rings is 1. The summed E-state index contributed by atoms with van der Waals surface area (Å²) in [7, 11) is 1.76. The molecule has 4 nitrogen and oxygen atoms in total. The van der Waals surface area contributed by atoms with Gasteiger partial charge in [0.2, 0.25) is 0 Å². The fraction of sp³-hybridized carbons (Fsp3) is 0.688. The summed E-state index contributed by atoms with van der Waals surface area (Å²) in [5.41, 5.74) is 1.11. The number of methoxy groups -OCH3 is 1. The molecule has 0 unspecified atom stereocenters. The summed E-state index contributed by atoms with van der Waals surface area (Å²) >= 11 is 1.57. The normalized spacial score (nSPS) is 26.1. The molecule has 0 aliphatic carbocycles. The molecule has 3 saturated heterocycles. The molecular formula is C16H24N2O2S. The van der Waals surface area contributed by atoms with Crippen molar-refractivity contribution in [3.05, 3.63) is 21.9 Å². The van der Waals surface area contributed by atoms with E-state index in [1.165, 1.54) is 12.8 Å². The topological polar surface area (TPSA) is 32.8 Å². The molecule has 2 atom stereocenters. The number of carbonyl (C=O) groups is 1. The molecule has 1 aromatic rings. The maximum Gasteiger partial charge on any atom is 0.264 e. The molecule has 116 valence electrons. The second kappa shape index (κ2) is 6.46. The van der Waals surface area contributed by atoms with Crippen LogP contribution in [0.4, 0.5) is 0 Å². The average molecular weight is 308 g/mol. The van der Waals surface area contributed by atoms with Gasteiger partial charge >= 0.3 is 0 Å². The second-order valence-corrected chi connectivity index (χ2v) is 7.14. The monoisotopic (exact) mass is 308 g/mol.